The molecule has 1 fully saturated rings. The lowest BCUT2D eigenvalue weighted by molar-refractivity contribution is 0.164. The van der Waals surface area contributed by atoms with Gasteiger partial charge in [-0.05, 0) is 24.7 Å². The second-order valence-corrected chi connectivity index (χ2v) is 6.67. The predicted molar refractivity (Wildman–Crippen MR) is 67.8 cm³/mol. The average Bonchev–Trinajstić information content (AvgIpc) is 2.36. The van der Waals surface area contributed by atoms with Gasteiger partial charge in [0.05, 0.1) is 0 Å². The van der Waals surface area contributed by atoms with Gasteiger partial charge in [-0.1, -0.05) is 20.3 Å². The first-order valence-corrected chi connectivity index (χ1v) is 7.79. The van der Waals surface area contributed by atoms with E-state index >= 15 is 0 Å². The smallest absolute Gasteiger partial charge is 0.279 e. The van der Waals surface area contributed by atoms with Crippen LogP contribution in [0.25, 0.3) is 0 Å². The maximum atomic E-state index is 12.0. The zero-order valence-electron chi connectivity index (χ0n) is 10.7. The topological polar surface area (TPSA) is 69.6 Å². The van der Waals surface area contributed by atoms with Gasteiger partial charge in [0.15, 0.2) is 0 Å². The molecule has 1 heterocycles. The van der Waals surface area contributed by atoms with E-state index in [0.29, 0.717) is 25.6 Å². The summed E-state index contributed by atoms with van der Waals surface area (Å²) in [6.07, 6.45) is 2.70. The number of nitrogens with one attached hydrogen (secondary N) is 1. The summed E-state index contributed by atoms with van der Waals surface area (Å²) in [6.45, 7) is 5.62. The summed E-state index contributed by atoms with van der Waals surface area (Å²) in [7, 11) is -3.36. The van der Waals surface area contributed by atoms with Crippen LogP contribution in [0.4, 0.5) is 0 Å². The molecule has 0 aromatic rings. The fourth-order valence-electron chi connectivity index (χ4n) is 1.88. The second kappa shape index (κ2) is 6.68. The summed E-state index contributed by atoms with van der Waals surface area (Å²) in [5, 5.41) is 9.09. The third-order valence-corrected chi connectivity index (χ3v) is 4.93. The van der Waals surface area contributed by atoms with Crippen LogP contribution in [-0.4, -0.2) is 44.1 Å². The number of nitrogens with zero attached hydrogens (tertiary/aromatic N) is 1. The van der Waals surface area contributed by atoms with Crippen LogP contribution in [0.3, 0.4) is 0 Å². The van der Waals surface area contributed by atoms with E-state index < -0.39 is 10.2 Å². The van der Waals surface area contributed by atoms with Crippen molar-refractivity contribution < 1.29 is 13.5 Å². The van der Waals surface area contributed by atoms with E-state index in [9.17, 15) is 8.42 Å². The Labute approximate surface area is 104 Å². The Morgan fingerprint density at radius 2 is 2.24 bits per heavy atom. The van der Waals surface area contributed by atoms with Crippen molar-refractivity contribution in [2.45, 2.75) is 33.1 Å². The van der Waals surface area contributed by atoms with Crippen LogP contribution in [0.15, 0.2) is 0 Å². The molecule has 1 rings (SSSR count). The van der Waals surface area contributed by atoms with Gasteiger partial charge < -0.3 is 5.11 Å². The van der Waals surface area contributed by atoms with Crippen molar-refractivity contribution in [2.24, 2.45) is 11.8 Å². The molecule has 2 atom stereocenters. The lowest BCUT2D eigenvalue weighted by Crippen LogP contribution is -2.47. The maximum Gasteiger partial charge on any atom is 0.279 e. The summed E-state index contributed by atoms with van der Waals surface area (Å²) < 4.78 is 28.1. The Hall–Kier alpha value is -0.170. The molecule has 6 heteroatoms. The molecule has 0 aromatic carbocycles. The van der Waals surface area contributed by atoms with Crippen LogP contribution in [0, 0.1) is 11.8 Å². The summed E-state index contributed by atoms with van der Waals surface area (Å²) >= 11 is 0. The van der Waals surface area contributed by atoms with E-state index in [-0.39, 0.29) is 12.5 Å². The fourth-order valence-corrected chi connectivity index (χ4v) is 3.33. The highest BCUT2D eigenvalue weighted by Crippen LogP contribution is 2.18. The van der Waals surface area contributed by atoms with Gasteiger partial charge in [-0.15, -0.1) is 0 Å². The molecule has 0 radical (unpaired) electrons. The molecule has 1 aliphatic rings. The fraction of sp³-hybridized carbons (Fsp3) is 1.00. The normalized spacial score (nSPS) is 24.8. The van der Waals surface area contributed by atoms with E-state index in [1.54, 1.807) is 0 Å². The first kappa shape index (κ1) is 14.9. The molecule has 5 nitrogen and oxygen atoms in total. The van der Waals surface area contributed by atoms with Crippen molar-refractivity contribution in [3.05, 3.63) is 0 Å². The molecule has 102 valence electrons. The zero-order valence-corrected chi connectivity index (χ0v) is 11.5. The Morgan fingerprint density at radius 3 is 2.82 bits per heavy atom. The monoisotopic (exact) mass is 264 g/mol. The molecule has 17 heavy (non-hydrogen) atoms. The lowest BCUT2D eigenvalue weighted by atomic mass is 10.0. The van der Waals surface area contributed by atoms with Crippen LogP contribution >= 0.6 is 0 Å². The molecular formula is C11H24N2O3S. The average molecular weight is 264 g/mol. The van der Waals surface area contributed by atoms with E-state index in [2.05, 4.69) is 4.72 Å². The second-order valence-electron chi connectivity index (χ2n) is 4.92. The number of aliphatic hydroxyl groups excluding tert-OH is 1. The highest BCUT2D eigenvalue weighted by Gasteiger charge is 2.28. The summed E-state index contributed by atoms with van der Waals surface area (Å²) in [5.41, 5.74) is 0. The quantitative estimate of drug-likeness (QED) is 0.737. The van der Waals surface area contributed by atoms with Crippen LogP contribution in [0.1, 0.15) is 33.1 Å². The van der Waals surface area contributed by atoms with Gasteiger partial charge in [0.1, 0.15) is 0 Å². The minimum absolute atomic E-state index is 0.0668. The molecule has 0 spiro atoms. The molecule has 0 bridgehead atoms. The summed E-state index contributed by atoms with van der Waals surface area (Å²) in [5.74, 6) is 0.437. The molecule has 0 aliphatic carbocycles. The lowest BCUT2D eigenvalue weighted by Gasteiger charge is -2.31. The summed E-state index contributed by atoms with van der Waals surface area (Å²) in [6, 6.07) is 0. The van der Waals surface area contributed by atoms with Gasteiger partial charge in [0.25, 0.3) is 10.2 Å². The number of piperidine rings is 1. The van der Waals surface area contributed by atoms with E-state index in [4.69, 9.17) is 5.11 Å². The molecule has 1 saturated heterocycles. The van der Waals surface area contributed by atoms with Crippen molar-refractivity contribution in [3.8, 4) is 0 Å². The van der Waals surface area contributed by atoms with Crippen LogP contribution in [0.5, 0.6) is 0 Å². The molecule has 0 aromatic heterocycles. The minimum atomic E-state index is -3.36. The van der Waals surface area contributed by atoms with Crippen molar-refractivity contribution >= 4 is 10.2 Å². The van der Waals surface area contributed by atoms with Gasteiger partial charge in [-0.25, -0.2) is 4.72 Å². The molecule has 0 saturated carbocycles. The SMILES string of the molecule is CCC(C)CNS(=O)(=O)N1CCCC(CO)C1. The molecule has 2 N–H and O–H groups in total. The van der Waals surface area contributed by atoms with E-state index in [1.807, 2.05) is 13.8 Å². The molecule has 1 aliphatic heterocycles. The van der Waals surface area contributed by atoms with Crippen molar-refractivity contribution in [1.82, 2.24) is 9.03 Å². The number of aliphatic hydroxyl groups is 1. The number of hydrogen-bond donors (Lipinski definition) is 2. The molecular weight excluding hydrogens is 240 g/mol. The van der Waals surface area contributed by atoms with Crippen LogP contribution in [-0.2, 0) is 10.2 Å². The van der Waals surface area contributed by atoms with E-state index in [1.165, 1.54) is 4.31 Å². The summed E-state index contributed by atoms with van der Waals surface area (Å²) in [4.78, 5) is 0. The molecule has 2 unspecified atom stereocenters. The zero-order chi connectivity index (χ0) is 12.9. The predicted octanol–water partition coefficient (Wildman–Crippen LogP) is 0.571. The maximum absolute atomic E-state index is 12.0. The number of rotatable bonds is 6. The van der Waals surface area contributed by atoms with Crippen molar-refractivity contribution in [2.75, 3.05) is 26.2 Å². The number of hydrogen-bond acceptors (Lipinski definition) is 3. The van der Waals surface area contributed by atoms with Crippen molar-refractivity contribution in [1.29, 1.82) is 0 Å². The Bertz CT molecular complexity index is 319. The van der Waals surface area contributed by atoms with Crippen molar-refractivity contribution in [3.63, 3.8) is 0 Å². The standard InChI is InChI=1S/C11H24N2O3S/c1-3-10(2)7-12-17(15,16)13-6-4-5-11(8-13)9-14/h10-12,14H,3-9H2,1-2H3. The first-order valence-electron chi connectivity index (χ1n) is 6.35. The van der Waals surface area contributed by atoms with Gasteiger partial charge in [0, 0.05) is 26.2 Å². The minimum Gasteiger partial charge on any atom is -0.396 e. The Balaban J connectivity index is 2.51. The highest BCUT2D eigenvalue weighted by atomic mass is 32.2. The third kappa shape index (κ3) is 4.54. The van der Waals surface area contributed by atoms with E-state index in [0.717, 1.165) is 19.3 Å². The largest absolute Gasteiger partial charge is 0.396 e. The van der Waals surface area contributed by atoms with Gasteiger partial charge in [0.2, 0.25) is 0 Å². The highest BCUT2D eigenvalue weighted by molar-refractivity contribution is 7.87. The molecule has 0 amide bonds. The van der Waals surface area contributed by atoms with Gasteiger partial charge in [-0.2, -0.15) is 12.7 Å². The Morgan fingerprint density at radius 1 is 1.53 bits per heavy atom. The first-order chi connectivity index (χ1) is 7.99. The Kier molecular flexibility index (Phi) is 5.85. The van der Waals surface area contributed by atoms with Crippen LogP contribution in [0.2, 0.25) is 0 Å². The third-order valence-electron chi connectivity index (χ3n) is 3.39. The van der Waals surface area contributed by atoms with Crippen LogP contribution < -0.4 is 4.72 Å². The van der Waals surface area contributed by atoms with Gasteiger partial charge >= 0.3 is 0 Å². The van der Waals surface area contributed by atoms with Gasteiger partial charge in [-0.3, -0.25) is 0 Å².